The van der Waals surface area contributed by atoms with Gasteiger partial charge in [0.2, 0.25) is 5.95 Å². The van der Waals surface area contributed by atoms with Gasteiger partial charge in [0.05, 0.1) is 11.2 Å². The number of nitrogens with zero attached hydrogens (tertiary/aromatic N) is 4. The van der Waals surface area contributed by atoms with Crippen LogP contribution in [0.25, 0.3) is 11.0 Å². The first-order valence-electron chi connectivity index (χ1n) is 12.5. The molecule has 3 unspecified atom stereocenters. The number of aromatic nitrogens is 3. The maximum absolute atomic E-state index is 15.0. The Hall–Kier alpha value is -3.40. The number of H-pyrrole nitrogens is 1. The summed E-state index contributed by atoms with van der Waals surface area (Å²) in [5, 5.41) is 3.00. The molecule has 0 radical (unpaired) electrons. The highest BCUT2D eigenvalue weighted by Gasteiger charge is 2.47. The first kappa shape index (κ1) is 23.0. The number of carbonyl (C=O) groups is 1. The lowest BCUT2D eigenvalue weighted by Crippen LogP contribution is -2.57. The van der Waals surface area contributed by atoms with Gasteiger partial charge in [0.25, 0.3) is 11.5 Å². The second-order valence-electron chi connectivity index (χ2n) is 10.2. The zero-order valence-corrected chi connectivity index (χ0v) is 20.1. The third-order valence-electron chi connectivity index (χ3n) is 8.09. The SMILES string of the molecule is Cc1nc2ccc(CN3CCN(c4ccc(C(=O)NC5CC6CCC65)nc4F)CC3)c(F)c2[nH]c1=O. The van der Waals surface area contributed by atoms with Crippen LogP contribution in [0.4, 0.5) is 14.5 Å². The van der Waals surface area contributed by atoms with E-state index in [4.69, 9.17) is 0 Å². The van der Waals surface area contributed by atoms with Gasteiger partial charge >= 0.3 is 0 Å². The van der Waals surface area contributed by atoms with Gasteiger partial charge < -0.3 is 15.2 Å². The van der Waals surface area contributed by atoms with Crippen LogP contribution >= 0.6 is 0 Å². The maximum Gasteiger partial charge on any atom is 0.270 e. The molecular weight excluding hydrogens is 466 g/mol. The van der Waals surface area contributed by atoms with E-state index >= 15 is 4.39 Å². The molecule has 2 aromatic heterocycles. The Morgan fingerprint density at radius 3 is 2.58 bits per heavy atom. The molecule has 8 nitrogen and oxygen atoms in total. The number of fused-ring (bicyclic) bond motifs is 2. The summed E-state index contributed by atoms with van der Waals surface area (Å²) >= 11 is 0. The standard InChI is InChI=1S/C26H28F2N6O2/c1-14-25(35)32-23-18(29-14)5-3-16(22(23)27)13-33-8-10-34(11-9-33)21-7-6-19(30-24(21)28)26(36)31-20-12-15-2-4-17(15)20/h3,5-7,15,17,20H,2,4,8-13H2,1H3,(H,31,36)(H,32,35). The van der Waals surface area contributed by atoms with Crippen LogP contribution in [0.3, 0.4) is 0 Å². The topological polar surface area (TPSA) is 94.2 Å². The smallest absolute Gasteiger partial charge is 0.270 e. The average Bonchev–Trinajstić information content (AvgIpc) is 2.85. The van der Waals surface area contributed by atoms with Crippen LogP contribution in [0.15, 0.2) is 29.1 Å². The molecule has 36 heavy (non-hydrogen) atoms. The fourth-order valence-electron chi connectivity index (χ4n) is 5.69. The van der Waals surface area contributed by atoms with Crippen molar-refractivity contribution in [2.75, 3.05) is 31.1 Å². The normalized spacial score (nSPS) is 23.6. The molecule has 10 heteroatoms. The lowest BCUT2D eigenvalue weighted by atomic mass is 9.56. The van der Waals surface area contributed by atoms with Crippen molar-refractivity contribution < 1.29 is 13.6 Å². The summed E-state index contributed by atoms with van der Waals surface area (Å²) in [6, 6.07) is 6.80. The fourth-order valence-corrected chi connectivity index (χ4v) is 5.69. The van der Waals surface area contributed by atoms with Gasteiger partial charge in [0, 0.05) is 44.3 Å². The molecule has 0 spiro atoms. The van der Waals surface area contributed by atoms with Gasteiger partial charge in [0.15, 0.2) is 5.82 Å². The van der Waals surface area contributed by atoms with E-state index in [1.54, 1.807) is 31.2 Å². The van der Waals surface area contributed by atoms with Crippen molar-refractivity contribution in [2.45, 2.75) is 38.8 Å². The maximum atomic E-state index is 15.0. The summed E-state index contributed by atoms with van der Waals surface area (Å²) in [6.45, 7) is 4.25. The highest BCUT2D eigenvalue weighted by Crippen LogP contribution is 2.50. The Morgan fingerprint density at radius 2 is 1.92 bits per heavy atom. The van der Waals surface area contributed by atoms with E-state index in [0.29, 0.717) is 61.1 Å². The molecule has 3 atom stereocenters. The van der Waals surface area contributed by atoms with Gasteiger partial charge in [-0.2, -0.15) is 4.39 Å². The molecule has 2 aliphatic carbocycles. The molecule has 188 valence electrons. The molecule has 1 aromatic carbocycles. The average molecular weight is 495 g/mol. The number of aryl methyl sites for hydroxylation is 1. The summed E-state index contributed by atoms with van der Waals surface area (Å²) in [4.78, 5) is 39.0. The first-order chi connectivity index (χ1) is 17.4. The zero-order chi connectivity index (χ0) is 25.0. The Bertz CT molecular complexity index is 1400. The van der Waals surface area contributed by atoms with Crippen molar-refractivity contribution in [3.05, 3.63) is 63.3 Å². The van der Waals surface area contributed by atoms with E-state index in [1.807, 2.05) is 4.90 Å². The zero-order valence-electron chi connectivity index (χ0n) is 20.1. The third-order valence-corrected chi connectivity index (χ3v) is 8.09. The number of benzene rings is 1. The van der Waals surface area contributed by atoms with Crippen LogP contribution in [0, 0.1) is 30.5 Å². The van der Waals surface area contributed by atoms with Gasteiger partial charge in [-0.3, -0.25) is 14.5 Å². The predicted molar refractivity (Wildman–Crippen MR) is 131 cm³/mol. The van der Waals surface area contributed by atoms with Crippen molar-refractivity contribution in [3.8, 4) is 0 Å². The van der Waals surface area contributed by atoms with Gasteiger partial charge in [-0.15, -0.1) is 0 Å². The minimum atomic E-state index is -0.654. The molecular formula is C26H28F2N6O2. The molecule has 3 aromatic rings. The lowest BCUT2D eigenvalue weighted by Gasteiger charge is -2.53. The molecule has 2 saturated carbocycles. The van der Waals surface area contributed by atoms with Gasteiger partial charge in [-0.05, 0) is 56.2 Å². The van der Waals surface area contributed by atoms with E-state index < -0.39 is 17.3 Å². The largest absolute Gasteiger partial charge is 0.365 e. The summed E-state index contributed by atoms with van der Waals surface area (Å²) in [5.41, 5.74) is 1.37. The number of anilines is 1. The molecule has 0 bridgehead atoms. The summed E-state index contributed by atoms with van der Waals surface area (Å²) in [6.07, 6.45) is 3.42. The number of amides is 1. The third kappa shape index (κ3) is 4.03. The molecule has 3 heterocycles. The second-order valence-corrected chi connectivity index (χ2v) is 10.2. The Balaban J connectivity index is 1.08. The van der Waals surface area contributed by atoms with Crippen LogP contribution < -0.4 is 15.8 Å². The number of rotatable bonds is 5. The van der Waals surface area contributed by atoms with Crippen LogP contribution in [-0.2, 0) is 6.54 Å². The number of carbonyl (C=O) groups excluding carboxylic acids is 1. The Labute approximate surface area is 206 Å². The number of hydrogen-bond acceptors (Lipinski definition) is 6. The highest BCUT2D eigenvalue weighted by molar-refractivity contribution is 5.92. The fraction of sp³-hybridized carbons (Fsp3) is 0.462. The lowest BCUT2D eigenvalue weighted by molar-refractivity contribution is 0.00651. The molecule has 3 fully saturated rings. The second kappa shape index (κ2) is 8.92. The van der Waals surface area contributed by atoms with Crippen LogP contribution in [0.2, 0.25) is 0 Å². The predicted octanol–water partition coefficient (Wildman–Crippen LogP) is 2.76. The minimum Gasteiger partial charge on any atom is -0.365 e. The molecule has 1 amide bonds. The van der Waals surface area contributed by atoms with E-state index in [1.165, 1.54) is 6.42 Å². The van der Waals surface area contributed by atoms with Crippen LogP contribution in [-0.4, -0.2) is 58.0 Å². The molecule has 2 N–H and O–H groups in total. The molecule has 6 rings (SSSR count). The summed E-state index contributed by atoms with van der Waals surface area (Å²) < 4.78 is 29.9. The monoisotopic (exact) mass is 494 g/mol. The Kier molecular flexibility index (Phi) is 5.70. The number of pyridine rings is 1. The molecule has 1 saturated heterocycles. The van der Waals surface area contributed by atoms with E-state index in [0.717, 1.165) is 18.8 Å². The highest BCUT2D eigenvalue weighted by atomic mass is 19.1. The number of piperazine rings is 1. The van der Waals surface area contributed by atoms with Crippen molar-refractivity contribution in [3.63, 3.8) is 0 Å². The van der Waals surface area contributed by atoms with Crippen molar-refractivity contribution in [1.29, 1.82) is 0 Å². The van der Waals surface area contributed by atoms with Gasteiger partial charge in [0.1, 0.15) is 16.9 Å². The van der Waals surface area contributed by atoms with Crippen LogP contribution in [0.1, 0.15) is 41.0 Å². The molecule has 1 aliphatic heterocycles. The number of hydrogen-bond donors (Lipinski definition) is 2. The van der Waals surface area contributed by atoms with Crippen molar-refractivity contribution in [2.24, 2.45) is 11.8 Å². The number of halogens is 2. The van der Waals surface area contributed by atoms with E-state index in [2.05, 4.69) is 25.2 Å². The quantitative estimate of drug-likeness (QED) is 0.530. The number of nitrogens with one attached hydrogen (secondary N) is 2. The van der Waals surface area contributed by atoms with Gasteiger partial charge in [-0.1, -0.05) is 6.07 Å². The summed E-state index contributed by atoms with van der Waals surface area (Å²) in [7, 11) is 0. The van der Waals surface area contributed by atoms with Crippen molar-refractivity contribution in [1.82, 2.24) is 25.2 Å². The van der Waals surface area contributed by atoms with Crippen LogP contribution in [0.5, 0.6) is 0 Å². The minimum absolute atomic E-state index is 0.104. The Morgan fingerprint density at radius 1 is 1.11 bits per heavy atom. The van der Waals surface area contributed by atoms with E-state index in [9.17, 15) is 14.0 Å². The number of aromatic amines is 1. The van der Waals surface area contributed by atoms with E-state index in [-0.39, 0.29) is 23.2 Å². The first-order valence-corrected chi connectivity index (χ1v) is 12.5. The molecule has 3 aliphatic rings. The summed E-state index contributed by atoms with van der Waals surface area (Å²) in [5.74, 6) is -0.105. The van der Waals surface area contributed by atoms with Crippen molar-refractivity contribution >= 4 is 22.6 Å². The van der Waals surface area contributed by atoms with Gasteiger partial charge in [-0.25, -0.2) is 14.4 Å².